The lowest BCUT2D eigenvalue weighted by molar-refractivity contribution is 0.0951. The van der Waals surface area contributed by atoms with Crippen molar-refractivity contribution in [3.05, 3.63) is 63.6 Å². The fourth-order valence-corrected chi connectivity index (χ4v) is 1.79. The molecule has 0 aliphatic carbocycles. The summed E-state index contributed by atoms with van der Waals surface area (Å²) < 4.78 is 1.35. The molecule has 1 aromatic heterocycles. The van der Waals surface area contributed by atoms with Crippen molar-refractivity contribution < 1.29 is 4.79 Å². The van der Waals surface area contributed by atoms with Gasteiger partial charge in [-0.1, -0.05) is 17.7 Å². The smallest absolute Gasteiger partial charge is 0.266 e. The van der Waals surface area contributed by atoms with Crippen LogP contribution in [0.4, 0.5) is 0 Å². The molecule has 5 heteroatoms. The summed E-state index contributed by atoms with van der Waals surface area (Å²) in [7, 11) is 0. The standard InChI is InChI=1S/C15H17N3O2/c1-11-3-6-13(7-4-11)15(20)16-9-10-18-14(19)8-5-12(2)17-18/h3-8H,9-10H2,1-2H3,(H,16,20). The molecule has 104 valence electrons. The summed E-state index contributed by atoms with van der Waals surface area (Å²) in [5.41, 5.74) is 2.33. The summed E-state index contributed by atoms with van der Waals surface area (Å²) in [5.74, 6) is -0.147. The van der Waals surface area contributed by atoms with Crippen molar-refractivity contribution in [1.82, 2.24) is 15.1 Å². The highest BCUT2D eigenvalue weighted by atomic mass is 16.1. The van der Waals surface area contributed by atoms with Gasteiger partial charge in [0.2, 0.25) is 0 Å². The van der Waals surface area contributed by atoms with Gasteiger partial charge in [-0.05, 0) is 32.0 Å². The van der Waals surface area contributed by atoms with Crippen LogP contribution in [-0.2, 0) is 6.54 Å². The van der Waals surface area contributed by atoms with Crippen LogP contribution in [0.2, 0.25) is 0 Å². The number of hydrogen-bond acceptors (Lipinski definition) is 3. The number of hydrogen-bond donors (Lipinski definition) is 1. The molecule has 5 nitrogen and oxygen atoms in total. The maximum Gasteiger partial charge on any atom is 0.266 e. The number of aryl methyl sites for hydroxylation is 2. The van der Waals surface area contributed by atoms with Crippen molar-refractivity contribution >= 4 is 5.91 Å². The topological polar surface area (TPSA) is 64.0 Å². The normalized spacial score (nSPS) is 10.3. The summed E-state index contributed by atoms with van der Waals surface area (Å²) in [5, 5.41) is 6.88. The predicted molar refractivity (Wildman–Crippen MR) is 76.7 cm³/mol. The van der Waals surface area contributed by atoms with Gasteiger partial charge < -0.3 is 5.32 Å². The second-order valence-corrected chi connectivity index (χ2v) is 4.66. The fraction of sp³-hybridized carbons (Fsp3) is 0.267. The Hall–Kier alpha value is -2.43. The van der Waals surface area contributed by atoms with E-state index in [9.17, 15) is 9.59 Å². The third kappa shape index (κ3) is 3.54. The number of benzene rings is 1. The Labute approximate surface area is 117 Å². The van der Waals surface area contributed by atoms with Crippen molar-refractivity contribution in [1.29, 1.82) is 0 Å². The minimum absolute atomic E-state index is 0.147. The Kier molecular flexibility index (Phi) is 4.30. The summed E-state index contributed by atoms with van der Waals surface area (Å²) in [6.07, 6.45) is 0. The molecule has 0 radical (unpaired) electrons. The molecule has 0 atom stereocenters. The van der Waals surface area contributed by atoms with Crippen LogP contribution in [0.15, 0.2) is 41.2 Å². The molecule has 20 heavy (non-hydrogen) atoms. The van der Waals surface area contributed by atoms with E-state index in [1.165, 1.54) is 10.7 Å². The zero-order valence-electron chi connectivity index (χ0n) is 11.6. The number of amides is 1. The first-order chi connectivity index (χ1) is 9.56. The molecular weight excluding hydrogens is 254 g/mol. The van der Waals surface area contributed by atoms with Gasteiger partial charge in [-0.15, -0.1) is 0 Å². The lowest BCUT2D eigenvalue weighted by Gasteiger charge is -2.07. The molecule has 2 aromatic rings. The summed E-state index contributed by atoms with van der Waals surface area (Å²) in [6.45, 7) is 4.51. The molecule has 0 saturated heterocycles. The van der Waals surface area contributed by atoms with Gasteiger partial charge in [0.1, 0.15) is 0 Å². The molecule has 1 amide bonds. The third-order valence-corrected chi connectivity index (χ3v) is 2.92. The molecule has 0 spiro atoms. The van der Waals surface area contributed by atoms with Crippen molar-refractivity contribution in [2.45, 2.75) is 20.4 Å². The molecule has 0 aliphatic rings. The van der Waals surface area contributed by atoms with Gasteiger partial charge in [-0.3, -0.25) is 9.59 Å². The molecule has 0 fully saturated rings. The molecule has 1 heterocycles. The van der Waals surface area contributed by atoms with Crippen molar-refractivity contribution in [2.24, 2.45) is 0 Å². The van der Waals surface area contributed by atoms with Crippen LogP contribution in [0, 0.1) is 13.8 Å². The van der Waals surface area contributed by atoms with Crippen LogP contribution in [0.1, 0.15) is 21.6 Å². The quantitative estimate of drug-likeness (QED) is 0.911. The van der Waals surface area contributed by atoms with Gasteiger partial charge in [0.05, 0.1) is 12.2 Å². The van der Waals surface area contributed by atoms with Crippen LogP contribution < -0.4 is 10.9 Å². The van der Waals surface area contributed by atoms with Gasteiger partial charge in [0, 0.05) is 18.2 Å². The number of nitrogens with zero attached hydrogens (tertiary/aromatic N) is 2. The first-order valence-corrected chi connectivity index (χ1v) is 6.46. The van der Waals surface area contributed by atoms with Gasteiger partial charge in [0.15, 0.2) is 0 Å². The molecule has 0 aliphatic heterocycles. The summed E-state index contributed by atoms with van der Waals surface area (Å²) in [4.78, 5) is 23.4. The summed E-state index contributed by atoms with van der Waals surface area (Å²) >= 11 is 0. The number of carbonyl (C=O) groups is 1. The molecule has 0 bridgehead atoms. The first kappa shape index (κ1) is 14.0. The van der Waals surface area contributed by atoms with Crippen LogP contribution in [-0.4, -0.2) is 22.2 Å². The van der Waals surface area contributed by atoms with E-state index in [0.29, 0.717) is 18.7 Å². The van der Waals surface area contributed by atoms with E-state index in [1.54, 1.807) is 18.2 Å². The minimum Gasteiger partial charge on any atom is -0.350 e. The lowest BCUT2D eigenvalue weighted by atomic mass is 10.1. The lowest BCUT2D eigenvalue weighted by Crippen LogP contribution is -2.32. The highest BCUT2D eigenvalue weighted by Gasteiger charge is 2.04. The molecule has 1 N–H and O–H groups in total. The number of carbonyl (C=O) groups excluding carboxylic acids is 1. The van der Waals surface area contributed by atoms with E-state index in [-0.39, 0.29) is 11.5 Å². The van der Waals surface area contributed by atoms with E-state index < -0.39 is 0 Å². The second kappa shape index (κ2) is 6.14. The van der Waals surface area contributed by atoms with Crippen molar-refractivity contribution in [2.75, 3.05) is 6.54 Å². The first-order valence-electron chi connectivity index (χ1n) is 6.46. The van der Waals surface area contributed by atoms with Crippen LogP contribution in [0.3, 0.4) is 0 Å². The molecule has 1 aromatic carbocycles. The van der Waals surface area contributed by atoms with E-state index >= 15 is 0 Å². The number of nitrogens with one attached hydrogen (secondary N) is 1. The van der Waals surface area contributed by atoms with E-state index in [1.807, 2.05) is 26.0 Å². The Balaban J connectivity index is 1.92. The van der Waals surface area contributed by atoms with Crippen LogP contribution in [0.25, 0.3) is 0 Å². The summed E-state index contributed by atoms with van der Waals surface area (Å²) in [6, 6.07) is 10.5. The molecule has 2 rings (SSSR count). The highest BCUT2D eigenvalue weighted by molar-refractivity contribution is 5.94. The maximum absolute atomic E-state index is 11.9. The zero-order valence-corrected chi connectivity index (χ0v) is 11.6. The highest BCUT2D eigenvalue weighted by Crippen LogP contribution is 2.02. The van der Waals surface area contributed by atoms with Gasteiger partial charge in [0.25, 0.3) is 11.5 Å². The van der Waals surface area contributed by atoms with E-state index in [0.717, 1.165) is 11.3 Å². The van der Waals surface area contributed by atoms with Gasteiger partial charge in [-0.25, -0.2) is 4.68 Å². The Bertz CT molecular complexity index is 660. The Morgan fingerprint density at radius 1 is 1.15 bits per heavy atom. The monoisotopic (exact) mass is 271 g/mol. The van der Waals surface area contributed by atoms with Gasteiger partial charge in [-0.2, -0.15) is 5.10 Å². The average molecular weight is 271 g/mol. The molecule has 0 saturated carbocycles. The predicted octanol–water partition coefficient (Wildman–Crippen LogP) is 1.29. The Morgan fingerprint density at radius 2 is 1.85 bits per heavy atom. The van der Waals surface area contributed by atoms with Crippen LogP contribution in [0.5, 0.6) is 0 Å². The van der Waals surface area contributed by atoms with Crippen molar-refractivity contribution in [3.8, 4) is 0 Å². The largest absolute Gasteiger partial charge is 0.350 e. The van der Waals surface area contributed by atoms with E-state index in [4.69, 9.17) is 0 Å². The van der Waals surface area contributed by atoms with E-state index in [2.05, 4.69) is 10.4 Å². The third-order valence-electron chi connectivity index (χ3n) is 2.92. The second-order valence-electron chi connectivity index (χ2n) is 4.66. The van der Waals surface area contributed by atoms with Crippen molar-refractivity contribution in [3.63, 3.8) is 0 Å². The SMILES string of the molecule is Cc1ccc(C(=O)NCCn2nc(C)ccc2=O)cc1. The molecule has 0 unspecified atom stereocenters. The number of rotatable bonds is 4. The Morgan fingerprint density at radius 3 is 2.55 bits per heavy atom. The minimum atomic E-state index is -0.166. The molecular formula is C15H17N3O2. The van der Waals surface area contributed by atoms with Gasteiger partial charge >= 0.3 is 0 Å². The maximum atomic E-state index is 11.9. The average Bonchev–Trinajstić information content (AvgIpc) is 2.43. The van der Waals surface area contributed by atoms with Crippen LogP contribution >= 0.6 is 0 Å². The number of aromatic nitrogens is 2. The zero-order chi connectivity index (χ0) is 14.5. The fourth-order valence-electron chi connectivity index (χ4n) is 1.79.